The van der Waals surface area contributed by atoms with Crippen molar-refractivity contribution in [2.75, 3.05) is 13.2 Å². The molecule has 0 radical (unpaired) electrons. The van der Waals surface area contributed by atoms with Crippen LogP contribution in [-0.4, -0.2) is 45.8 Å². The Morgan fingerprint density at radius 1 is 1.03 bits per heavy atom. The number of rotatable bonds is 6. The first kappa shape index (κ1) is 26.3. The fourth-order valence-corrected chi connectivity index (χ4v) is 6.10. The predicted octanol–water partition coefficient (Wildman–Crippen LogP) is 5.60. The minimum Gasteiger partial charge on any atom is -0.503 e. The quantitative estimate of drug-likeness (QED) is 0.507. The number of carbonyl (C=O) groups is 3. The maximum absolute atomic E-state index is 13.7. The summed E-state index contributed by atoms with van der Waals surface area (Å²) in [4.78, 5) is 41.0. The fraction of sp³-hybridized carbons (Fsp3) is 0.536. The number of carbonyl (C=O) groups excluding carboxylic acids is 2. The van der Waals surface area contributed by atoms with Crippen molar-refractivity contribution < 1.29 is 29.3 Å². The molecule has 4 rings (SSSR count). The molecule has 2 N–H and O–H groups in total. The minimum absolute atomic E-state index is 0.0575. The standard InChI is InChI=1S/C28H34ClNO6/c1-6-36-21-10-15(9-16(29)26(21)35)23-24-17(11-27(2,3)13-19(24)31)30(8-7-22(33)34)18-12-28(4,5)14-20(32)25(18)23/h9-10,23,35H,6-8,11-14H2,1-5H3,(H,33,34). The van der Waals surface area contributed by atoms with Gasteiger partial charge in [-0.25, -0.2) is 0 Å². The summed E-state index contributed by atoms with van der Waals surface area (Å²) < 4.78 is 5.61. The van der Waals surface area contributed by atoms with Crippen molar-refractivity contribution in [3.05, 3.63) is 45.3 Å². The van der Waals surface area contributed by atoms with Crippen LogP contribution in [0.15, 0.2) is 34.7 Å². The molecule has 0 saturated heterocycles. The summed E-state index contributed by atoms with van der Waals surface area (Å²) in [6, 6.07) is 3.27. The first-order chi connectivity index (χ1) is 16.7. The average molecular weight is 516 g/mol. The van der Waals surface area contributed by atoms with Crippen molar-refractivity contribution in [3.63, 3.8) is 0 Å². The number of carboxylic acids is 1. The van der Waals surface area contributed by atoms with Crippen LogP contribution in [0.1, 0.15) is 78.2 Å². The minimum atomic E-state index is -0.934. The van der Waals surface area contributed by atoms with E-state index in [1.54, 1.807) is 19.1 Å². The summed E-state index contributed by atoms with van der Waals surface area (Å²) in [5.74, 6) is -1.69. The first-order valence-corrected chi connectivity index (χ1v) is 12.8. The lowest BCUT2D eigenvalue weighted by atomic mass is 9.63. The van der Waals surface area contributed by atoms with Crippen molar-refractivity contribution in [1.29, 1.82) is 0 Å². The van der Waals surface area contributed by atoms with Crippen LogP contribution < -0.4 is 4.74 Å². The number of ether oxygens (including phenoxy) is 1. The zero-order valence-corrected chi connectivity index (χ0v) is 22.3. The number of halogens is 1. The van der Waals surface area contributed by atoms with Crippen LogP contribution in [0.3, 0.4) is 0 Å². The van der Waals surface area contributed by atoms with E-state index in [-0.39, 0.29) is 51.9 Å². The number of carboxylic acid groups (broad SMARTS) is 1. The van der Waals surface area contributed by atoms with Gasteiger partial charge in [0, 0.05) is 47.8 Å². The Morgan fingerprint density at radius 2 is 1.56 bits per heavy atom. The van der Waals surface area contributed by atoms with Gasteiger partial charge in [0.15, 0.2) is 23.1 Å². The molecule has 0 atom stereocenters. The van der Waals surface area contributed by atoms with Crippen molar-refractivity contribution in [3.8, 4) is 11.5 Å². The molecule has 36 heavy (non-hydrogen) atoms. The topological polar surface area (TPSA) is 104 Å². The summed E-state index contributed by atoms with van der Waals surface area (Å²) in [7, 11) is 0. The van der Waals surface area contributed by atoms with Crippen LogP contribution in [0, 0.1) is 10.8 Å². The Hall–Kier alpha value is -2.80. The molecule has 0 aromatic heterocycles. The average Bonchev–Trinajstić information content (AvgIpc) is 2.73. The maximum Gasteiger partial charge on any atom is 0.305 e. The molecule has 1 aliphatic heterocycles. The normalized spacial score (nSPS) is 21.4. The van der Waals surface area contributed by atoms with Gasteiger partial charge in [-0.2, -0.15) is 0 Å². The molecule has 1 aromatic carbocycles. The Bertz CT molecular complexity index is 1150. The van der Waals surface area contributed by atoms with E-state index in [0.29, 0.717) is 49.0 Å². The van der Waals surface area contributed by atoms with E-state index < -0.39 is 11.9 Å². The Labute approximate surface area is 216 Å². The number of phenols is 1. The van der Waals surface area contributed by atoms with Gasteiger partial charge in [0.1, 0.15) is 0 Å². The maximum atomic E-state index is 13.7. The van der Waals surface area contributed by atoms with Crippen molar-refractivity contribution in [2.24, 2.45) is 10.8 Å². The zero-order chi connectivity index (χ0) is 26.6. The van der Waals surface area contributed by atoms with E-state index in [9.17, 15) is 24.6 Å². The summed E-state index contributed by atoms with van der Waals surface area (Å²) >= 11 is 6.39. The Kier molecular flexibility index (Phi) is 6.75. The van der Waals surface area contributed by atoms with Gasteiger partial charge in [-0.3, -0.25) is 14.4 Å². The number of phenolic OH excluding ortho intramolecular Hbond substituents is 1. The highest BCUT2D eigenvalue weighted by Crippen LogP contribution is 2.55. The Morgan fingerprint density at radius 3 is 2.03 bits per heavy atom. The van der Waals surface area contributed by atoms with Crippen molar-refractivity contribution in [2.45, 2.75) is 72.6 Å². The number of allylic oxidation sites excluding steroid dienone is 4. The highest BCUT2D eigenvalue weighted by Gasteiger charge is 2.49. The lowest BCUT2D eigenvalue weighted by Crippen LogP contribution is -2.45. The molecule has 1 heterocycles. The van der Waals surface area contributed by atoms with Gasteiger partial charge < -0.3 is 19.8 Å². The van der Waals surface area contributed by atoms with E-state index in [4.69, 9.17) is 16.3 Å². The lowest BCUT2D eigenvalue weighted by Gasteiger charge is -2.49. The third-order valence-electron chi connectivity index (χ3n) is 7.26. The zero-order valence-electron chi connectivity index (χ0n) is 21.5. The molecule has 0 amide bonds. The van der Waals surface area contributed by atoms with Gasteiger partial charge >= 0.3 is 5.97 Å². The Balaban J connectivity index is 2.01. The van der Waals surface area contributed by atoms with E-state index in [2.05, 4.69) is 0 Å². The molecule has 0 fully saturated rings. The lowest BCUT2D eigenvalue weighted by molar-refractivity contribution is -0.137. The third-order valence-corrected chi connectivity index (χ3v) is 7.54. The molecule has 8 heteroatoms. The number of ketones is 2. The van der Waals surface area contributed by atoms with Crippen LogP contribution in [0.2, 0.25) is 5.02 Å². The number of nitrogens with zero attached hydrogens (tertiary/aromatic N) is 1. The summed E-state index contributed by atoms with van der Waals surface area (Å²) in [5.41, 5.74) is 2.61. The monoisotopic (exact) mass is 515 g/mol. The van der Waals surface area contributed by atoms with E-state index in [1.807, 2.05) is 32.6 Å². The second-order valence-corrected chi connectivity index (χ2v) is 12.0. The van der Waals surface area contributed by atoms with Gasteiger partial charge in [0.05, 0.1) is 18.1 Å². The van der Waals surface area contributed by atoms with E-state index in [0.717, 1.165) is 11.4 Å². The molecule has 0 bridgehead atoms. The smallest absolute Gasteiger partial charge is 0.305 e. The highest BCUT2D eigenvalue weighted by molar-refractivity contribution is 6.32. The van der Waals surface area contributed by atoms with Gasteiger partial charge in [0.2, 0.25) is 0 Å². The molecule has 0 unspecified atom stereocenters. The third kappa shape index (κ3) is 4.77. The van der Waals surface area contributed by atoms with Crippen LogP contribution in [0.4, 0.5) is 0 Å². The molecular weight excluding hydrogens is 482 g/mol. The summed E-state index contributed by atoms with van der Waals surface area (Å²) in [5, 5.41) is 20.0. The molecule has 2 aliphatic carbocycles. The number of hydrogen-bond acceptors (Lipinski definition) is 6. The van der Waals surface area contributed by atoms with Gasteiger partial charge in [-0.05, 0) is 48.3 Å². The molecule has 0 spiro atoms. The first-order valence-electron chi connectivity index (χ1n) is 12.4. The van der Waals surface area contributed by atoms with E-state index in [1.165, 1.54) is 0 Å². The van der Waals surface area contributed by atoms with Crippen LogP contribution in [-0.2, 0) is 14.4 Å². The van der Waals surface area contributed by atoms with E-state index >= 15 is 0 Å². The molecule has 3 aliphatic rings. The van der Waals surface area contributed by atoms with Crippen molar-refractivity contribution >= 4 is 29.1 Å². The number of benzene rings is 1. The summed E-state index contributed by atoms with van der Waals surface area (Å²) in [6.45, 7) is 10.4. The SMILES string of the molecule is CCOc1cc(C2C3=C(CC(C)(C)CC3=O)N(CCC(=O)O)C3=C2C(=O)CC(C)(C)C3)cc(Cl)c1O. The number of aromatic hydroxyl groups is 1. The number of hydrogen-bond donors (Lipinski definition) is 2. The van der Waals surface area contributed by atoms with Gasteiger partial charge in [-0.15, -0.1) is 0 Å². The largest absolute Gasteiger partial charge is 0.503 e. The summed E-state index contributed by atoms with van der Waals surface area (Å²) in [6.07, 6.45) is 1.70. The molecule has 0 saturated carbocycles. The molecule has 194 valence electrons. The van der Waals surface area contributed by atoms with Gasteiger partial charge in [-0.1, -0.05) is 39.3 Å². The van der Waals surface area contributed by atoms with Crippen LogP contribution in [0.5, 0.6) is 11.5 Å². The molecule has 7 nitrogen and oxygen atoms in total. The predicted molar refractivity (Wildman–Crippen MR) is 136 cm³/mol. The molecule has 1 aromatic rings. The molecular formula is C28H34ClNO6. The highest BCUT2D eigenvalue weighted by atomic mass is 35.5. The van der Waals surface area contributed by atoms with Crippen LogP contribution in [0.25, 0.3) is 0 Å². The fourth-order valence-electron chi connectivity index (χ4n) is 5.88. The second kappa shape index (κ2) is 9.25. The van der Waals surface area contributed by atoms with Crippen molar-refractivity contribution in [1.82, 2.24) is 4.90 Å². The van der Waals surface area contributed by atoms with Crippen LogP contribution >= 0.6 is 11.6 Å². The number of Topliss-reactive ketones (excluding diaryl/α,β-unsaturated/α-hetero) is 2. The van der Waals surface area contributed by atoms with Gasteiger partial charge in [0.25, 0.3) is 0 Å². The second-order valence-electron chi connectivity index (χ2n) is 11.6. The number of aliphatic carboxylic acids is 1.